The second-order valence-corrected chi connectivity index (χ2v) is 7.29. The maximum Gasteiger partial charge on any atom is 0.321 e. The molecule has 1 aliphatic rings. The third kappa shape index (κ3) is 6.15. The van der Waals surface area contributed by atoms with Gasteiger partial charge in [-0.3, -0.25) is 9.59 Å². The molecule has 1 atom stereocenters. The summed E-state index contributed by atoms with van der Waals surface area (Å²) >= 11 is 0. The number of rotatable bonds is 6. The molecule has 3 rings (SSSR count). The van der Waals surface area contributed by atoms with Gasteiger partial charge in [0.15, 0.2) is 0 Å². The van der Waals surface area contributed by atoms with Crippen molar-refractivity contribution >= 4 is 29.2 Å². The van der Waals surface area contributed by atoms with Crippen molar-refractivity contribution in [1.29, 1.82) is 0 Å². The number of carbonyl (C=O) groups excluding carboxylic acids is 3. The SMILES string of the molecule is C=CCNC(=O)[C@H]1CCCN(C(=O)Nc2cccc(NC(=O)c3ccc(F)cc3)c2)C1. The van der Waals surface area contributed by atoms with Gasteiger partial charge in [0.05, 0.1) is 5.92 Å². The Morgan fingerprint density at radius 3 is 2.52 bits per heavy atom. The second kappa shape index (κ2) is 10.4. The molecule has 1 saturated heterocycles. The van der Waals surface area contributed by atoms with Gasteiger partial charge in [-0.2, -0.15) is 0 Å². The van der Waals surface area contributed by atoms with E-state index in [2.05, 4.69) is 22.5 Å². The molecule has 0 saturated carbocycles. The number of halogens is 1. The summed E-state index contributed by atoms with van der Waals surface area (Å²) in [4.78, 5) is 38.8. The highest BCUT2D eigenvalue weighted by Crippen LogP contribution is 2.20. The molecule has 1 fully saturated rings. The highest BCUT2D eigenvalue weighted by Gasteiger charge is 2.28. The molecule has 8 heteroatoms. The summed E-state index contributed by atoms with van der Waals surface area (Å²) in [7, 11) is 0. The van der Waals surface area contributed by atoms with Crippen molar-refractivity contribution in [3.05, 3.63) is 72.6 Å². The Kier molecular flexibility index (Phi) is 7.37. The molecule has 0 aromatic heterocycles. The Balaban J connectivity index is 1.59. The predicted octanol–water partition coefficient (Wildman–Crippen LogP) is 3.62. The van der Waals surface area contributed by atoms with Crippen LogP contribution in [0, 0.1) is 11.7 Å². The highest BCUT2D eigenvalue weighted by molar-refractivity contribution is 6.04. The Hall–Kier alpha value is -3.68. The standard InChI is InChI=1S/C23H25FN4O3/c1-2-12-25-21(29)17-5-4-13-28(15-17)23(31)27-20-7-3-6-19(14-20)26-22(30)16-8-10-18(24)11-9-16/h2-3,6-11,14,17H,1,4-5,12-13,15H2,(H,25,29)(H,26,30)(H,27,31)/t17-/m0/s1. The number of likely N-dealkylation sites (tertiary alicyclic amines) is 1. The van der Waals surface area contributed by atoms with Crippen molar-refractivity contribution < 1.29 is 18.8 Å². The van der Waals surface area contributed by atoms with Crippen LogP contribution in [0.15, 0.2) is 61.2 Å². The Bertz CT molecular complexity index is 962. The van der Waals surface area contributed by atoms with Gasteiger partial charge >= 0.3 is 6.03 Å². The number of benzene rings is 2. The number of carbonyl (C=O) groups is 3. The van der Waals surface area contributed by atoms with Crippen LogP contribution in [0.4, 0.5) is 20.6 Å². The lowest BCUT2D eigenvalue weighted by Crippen LogP contribution is -2.46. The van der Waals surface area contributed by atoms with E-state index in [4.69, 9.17) is 0 Å². The molecule has 3 N–H and O–H groups in total. The average molecular weight is 424 g/mol. The summed E-state index contributed by atoms with van der Waals surface area (Å²) in [5.74, 6) is -1.13. The zero-order valence-electron chi connectivity index (χ0n) is 17.1. The Morgan fingerprint density at radius 1 is 1.10 bits per heavy atom. The van der Waals surface area contributed by atoms with Crippen LogP contribution in [-0.4, -0.2) is 42.4 Å². The van der Waals surface area contributed by atoms with Crippen molar-refractivity contribution in [3.8, 4) is 0 Å². The van der Waals surface area contributed by atoms with Gasteiger partial charge in [-0.15, -0.1) is 6.58 Å². The maximum absolute atomic E-state index is 13.0. The minimum absolute atomic E-state index is 0.0806. The first-order valence-electron chi connectivity index (χ1n) is 10.1. The summed E-state index contributed by atoms with van der Waals surface area (Å²) < 4.78 is 13.0. The first-order chi connectivity index (χ1) is 15.0. The van der Waals surface area contributed by atoms with Gasteiger partial charge in [0.25, 0.3) is 5.91 Å². The summed E-state index contributed by atoms with van der Waals surface area (Å²) in [5.41, 5.74) is 1.33. The van der Waals surface area contributed by atoms with Crippen molar-refractivity contribution in [2.24, 2.45) is 5.92 Å². The van der Waals surface area contributed by atoms with E-state index in [1.165, 1.54) is 24.3 Å². The van der Waals surface area contributed by atoms with Gasteiger partial charge in [0, 0.05) is 36.6 Å². The number of piperidine rings is 1. The maximum atomic E-state index is 13.0. The van der Waals surface area contributed by atoms with Crippen LogP contribution in [0.1, 0.15) is 23.2 Å². The van der Waals surface area contributed by atoms with E-state index in [-0.39, 0.29) is 23.8 Å². The second-order valence-electron chi connectivity index (χ2n) is 7.29. The molecule has 1 aliphatic heterocycles. The monoisotopic (exact) mass is 424 g/mol. The molecule has 0 radical (unpaired) electrons. The lowest BCUT2D eigenvalue weighted by atomic mass is 9.97. The van der Waals surface area contributed by atoms with Gasteiger partial charge in [-0.05, 0) is 55.3 Å². The molecule has 4 amide bonds. The summed E-state index contributed by atoms with van der Waals surface area (Å²) in [5, 5.41) is 8.32. The average Bonchev–Trinajstić information content (AvgIpc) is 2.78. The van der Waals surface area contributed by atoms with Crippen LogP contribution < -0.4 is 16.0 Å². The van der Waals surface area contributed by atoms with Gasteiger partial charge in [0.2, 0.25) is 5.91 Å². The molecular weight excluding hydrogens is 399 g/mol. The van der Waals surface area contributed by atoms with Crippen LogP contribution in [0.25, 0.3) is 0 Å². The minimum atomic E-state index is -0.417. The van der Waals surface area contributed by atoms with Gasteiger partial charge < -0.3 is 20.9 Å². The van der Waals surface area contributed by atoms with Gasteiger partial charge in [0.1, 0.15) is 5.82 Å². The molecule has 0 bridgehead atoms. The van der Waals surface area contributed by atoms with E-state index < -0.39 is 5.82 Å². The Morgan fingerprint density at radius 2 is 1.81 bits per heavy atom. The lowest BCUT2D eigenvalue weighted by Gasteiger charge is -2.32. The molecule has 2 aromatic carbocycles. The quantitative estimate of drug-likeness (QED) is 0.619. The normalized spacial score (nSPS) is 15.6. The van der Waals surface area contributed by atoms with Crippen molar-refractivity contribution in [2.45, 2.75) is 12.8 Å². The molecule has 1 heterocycles. The van der Waals surface area contributed by atoms with Gasteiger partial charge in [-0.1, -0.05) is 12.1 Å². The fourth-order valence-corrected chi connectivity index (χ4v) is 3.37. The van der Waals surface area contributed by atoms with E-state index in [0.29, 0.717) is 36.6 Å². The first-order valence-corrected chi connectivity index (χ1v) is 10.1. The molecular formula is C23H25FN4O3. The van der Waals surface area contributed by atoms with E-state index >= 15 is 0 Å². The van der Waals surface area contributed by atoms with Crippen molar-refractivity contribution in [2.75, 3.05) is 30.3 Å². The summed E-state index contributed by atoms with van der Waals surface area (Å²) in [6, 6.07) is 11.7. The number of urea groups is 1. The number of hydrogen-bond donors (Lipinski definition) is 3. The molecule has 0 aliphatic carbocycles. The first kappa shape index (κ1) is 22.0. The number of amides is 4. The Labute approximate surface area is 180 Å². The zero-order valence-corrected chi connectivity index (χ0v) is 17.1. The number of nitrogens with zero attached hydrogens (tertiary/aromatic N) is 1. The molecule has 31 heavy (non-hydrogen) atoms. The zero-order chi connectivity index (χ0) is 22.2. The minimum Gasteiger partial charge on any atom is -0.352 e. The molecule has 162 valence electrons. The van der Waals surface area contributed by atoms with E-state index in [1.54, 1.807) is 35.2 Å². The van der Waals surface area contributed by atoms with Crippen LogP contribution in [0.2, 0.25) is 0 Å². The fraction of sp³-hybridized carbons (Fsp3) is 0.261. The molecule has 0 unspecified atom stereocenters. The highest BCUT2D eigenvalue weighted by atomic mass is 19.1. The smallest absolute Gasteiger partial charge is 0.321 e. The van der Waals surface area contributed by atoms with Crippen LogP contribution in [0.5, 0.6) is 0 Å². The number of hydrogen-bond acceptors (Lipinski definition) is 3. The summed E-state index contributed by atoms with van der Waals surface area (Å²) in [6.45, 7) is 4.89. The molecule has 0 spiro atoms. The van der Waals surface area contributed by atoms with Gasteiger partial charge in [-0.25, -0.2) is 9.18 Å². The number of anilines is 2. The topological polar surface area (TPSA) is 90.5 Å². The fourth-order valence-electron chi connectivity index (χ4n) is 3.37. The van der Waals surface area contributed by atoms with Crippen molar-refractivity contribution in [1.82, 2.24) is 10.2 Å². The predicted molar refractivity (Wildman–Crippen MR) is 117 cm³/mol. The molecule has 7 nitrogen and oxygen atoms in total. The number of nitrogens with one attached hydrogen (secondary N) is 3. The van der Waals surface area contributed by atoms with Crippen LogP contribution in [0.3, 0.4) is 0 Å². The summed E-state index contributed by atoms with van der Waals surface area (Å²) in [6.07, 6.45) is 3.10. The third-order valence-electron chi connectivity index (χ3n) is 4.98. The van der Waals surface area contributed by atoms with E-state index in [9.17, 15) is 18.8 Å². The lowest BCUT2D eigenvalue weighted by molar-refractivity contribution is -0.126. The van der Waals surface area contributed by atoms with Crippen molar-refractivity contribution in [3.63, 3.8) is 0 Å². The van der Waals surface area contributed by atoms with Crippen LogP contribution in [-0.2, 0) is 4.79 Å². The third-order valence-corrected chi connectivity index (χ3v) is 4.98. The molecule has 2 aromatic rings. The van der Waals surface area contributed by atoms with E-state index in [0.717, 1.165) is 12.8 Å². The van der Waals surface area contributed by atoms with Crippen LogP contribution >= 0.6 is 0 Å². The largest absolute Gasteiger partial charge is 0.352 e. The van der Waals surface area contributed by atoms with E-state index in [1.807, 2.05) is 0 Å².